The van der Waals surface area contributed by atoms with Crippen molar-refractivity contribution in [2.24, 2.45) is 11.7 Å². The molecule has 0 radical (unpaired) electrons. The first-order valence-electron chi connectivity index (χ1n) is 7.68. The van der Waals surface area contributed by atoms with Gasteiger partial charge in [-0.05, 0) is 26.2 Å². The van der Waals surface area contributed by atoms with Gasteiger partial charge in [0.1, 0.15) is 6.79 Å². The Morgan fingerprint density at radius 3 is 2.47 bits per heavy atom. The van der Waals surface area contributed by atoms with Crippen molar-refractivity contribution < 1.29 is 14.6 Å². The number of hydrogen-bond donors (Lipinski definition) is 2. The maximum atomic E-state index is 10.3. The number of nitrogens with two attached hydrogens (primary N) is 1. The van der Waals surface area contributed by atoms with Crippen LogP contribution in [0.3, 0.4) is 0 Å². The summed E-state index contributed by atoms with van der Waals surface area (Å²) in [6.07, 6.45) is 7.50. The Morgan fingerprint density at radius 1 is 1.21 bits per heavy atom. The Kier molecular flexibility index (Phi) is 5.23. The first-order valence-corrected chi connectivity index (χ1v) is 7.68. The molecule has 1 aliphatic heterocycles. The average Bonchev–Trinajstić information content (AvgIpc) is 2.70. The fourth-order valence-corrected chi connectivity index (χ4v) is 3.27. The summed E-state index contributed by atoms with van der Waals surface area (Å²) in [6, 6.07) is -0.136. The molecule has 3 N–H and O–H groups in total. The van der Waals surface area contributed by atoms with Crippen LogP contribution in [0.4, 0.5) is 0 Å². The van der Waals surface area contributed by atoms with Crippen LogP contribution in [0.15, 0.2) is 0 Å². The van der Waals surface area contributed by atoms with Gasteiger partial charge in [-0.2, -0.15) is 0 Å². The Morgan fingerprint density at radius 2 is 1.89 bits per heavy atom. The normalized spacial score (nSPS) is 31.3. The van der Waals surface area contributed by atoms with Gasteiger partial charge in [-0.25, -0.2) is 0 Å². The van der Waals surface area contributed by atoms with Crippen LogP contribution in [0.2, 0.25) is 0 Å². The van der Waals surface area contributed by atoms with Crippen molar-refractivity contribution in [3.8, 4) is 0 Å². The second-order valence-electron chi connectivity index (χ2n) is 6.73. The molecular weight excluding hydrogens is 242 g/mol. The van der Waals surface area contributed by atoms with E-state index in [9.17, 15) is 5.11 Å². The van der Waals surface area contributed by atoms with Gasteiger partial charge in [-0.15, -0.1) is 0 Å². The summed E-state index contributed by atoms with van der Waals surface area (Å²) >= 11 is 0. The van der Waals surface area contributed by atoms with Crippen LogP contribution in [-0.4, -0.2) is 35.8 Å². The van der Waals surface area contributed by atoms with Crippen LogP contribution >= 0.6 is 0 Å². The third kappa shape index (κ3) is 4.15. The molecule has 112 valence electrons. The quantitative estimate of drug-likeness (QED) is 0.804. The van der Waals surface area contributed by atoms with E-state index in [2.05, 4.69) is 0 Å². The maximum absolute atomic E-state index is 10.3. The molecule has 0 aromatic heterocycles. The predicted octanol–water partition coefficient (Wildman–Crippen LogP) is 2.19. The van der Waals surface area contributed by atoms with Crippen LogP contribution < -0.4 is 5.73 Å². The van der Waals surface area contributed by atoms with Crippen LogP contribution in [0.5, 0.6) is 0 Å². The number of hydrogen-bond acceptors (Lipinski definition) is 4. The second-order valence-corrected chi connectivity index (χ2v) is 6.73. The molecule has 2 unspecified atom stereocenters. The monoisotopic (exact) mass is 271 g/mol. The van der Waals surface area contributed by atoms with E-state index in [4.69, 9.17) is 15.2 Å². The zero-order chi connectivity index (χ0) is 13.9. The summed E-state index contributed by atoms with van der Waals surface area (Å²) in [5.74, 6) is 0.701. The number of ether oxygens (including phenoxy) is 2. The molecule has 1 saturated heterocycles. The molecule has 3 atom stereocenters. The molecule has 4 nitrogen and oxygen atoms in total. The van der Waals surface area contributed by atoms with Gasteiger partial charge in [0, 0.05) is 12.5 Å². The van der Waals surface area contributed by atoms with E-state index < -0.39 is 6.10 Å². The summed E-state index contributed by atoms with van der Waals surface area (Å²) < 4.78 is 11.1. The van der Waals surface area contributed by atoms with Gasteiger partial charge < -0.3 is 20.3 Å². The van der Waals surface area contributed by atoms with Gasteiger partial charge in [0.25, 0.3) is 0 Å². The molecule has 0 aromatic rings. The van der Waals surface area contributed by atoms with Crippen LogP contribution in [0.1, 0.15) is 58.8 Å². The molecule has 1 aliphatic carbocycles. The summed E-state index contributed by atoms with van der Waals surface area (Å²) in [4.78, 5) is 0. The highest BCUT2D eigenvalue weighted by Crippen LogP contribution is 2.31. The van der Waals surface area contributed by atoms with Gasteiger partial charge in [0.15, 0.2) is 0 Å². The third-order valence-corrected chi connectivity index (χ3v) is 4.76. The van der Waals surface area contributed by atoms with Crippen LogP contribution in [0.25, 0.3) is 0 Å². The highest BCUT2D eigenvalue weighted by molar-refractivity contribution is 4.88. The number of rotatable bonds is 5. The standard InChI is InChI=1S/C15H29NO3/c1-15(2)14(18-10-19-15)9-13(17)12(16)8-11-6-4-3-5-7-11/h11-14,17H,3-10,16H2,1-2H3/t12?,13?,14-/m0/s1. The average molecular weight is 271 g/mol. The second kappa shape index (κ2) is 6.53. The minimum Gasteiger partial charge on any atom is -0.391 e. The van der Waals surface area contributed by atoms with Crippen LogP contribution in [0, 0.1) is 5.92 Å². The first-order chi connectivity index (χ1) is 8.99. The minimum absolute atomic E-state index is 0.0556. The molecule has 2 rings (SSSR count). The molecule has 1 saturated carbocycles. The molecular formula is C15H29NO3. The molecule has 1 heterocycles. The number of aliphatic hydroxyl groups excluding tert-OH is 1. The molecule has 2 aliphatic rings. The van der Waals surface area contributed by atoms with E-state index in [1.54, 1.807) is 0 Å². The SMILES string of the molecule is CC1(C)OCO[C@H]1CC(O)C(N)CC1CCCCC1. The van der Waals surface area contributed by atoms with E-state index >= 15 is 0 Å². The lowest BCUT2D eigenvalue weighted by Gasteiger charge is -2.30. The van der Waals surface area contributed by atoms with Gasteiger partial charge in [-0.1, -0.05) is 32.1 Å². The molecule has 0 bridgehead atoms. The Labute approximate surface area is 116 Å². The van der Waals surface area contributed by atoms with E-state index in [0.717, 1.165) is 6.42 Å². The molecule has 19 heavy (non-hydrogen) atoms. The fraction of sp³-hybridized carbons (Fsp3) is 1.00. The van der Waals surface area contributed by atoms with Crippen molar-refractivity contribution in [2.45, 2.75) is 82.6 Å². The fourth-order valence-electron chi connectivity index (χ4n) is 3.27. The maximum Gasteiger partial charge on any atom is 0.148 e. The van der Waals surface area contributed by atoms with Crippen molar-refractivity contribution in [1.29, 1.82) is 0 Å². The van der Waals surface area contributed by atoms with Crippen molar-refractivity contribution in [2.75, 3.05) is 6.79 Å². The molecule has 0 aromatic carbocycles. The van der Waals surface area contributed by atoms with E-state index in [1.165, 1.54) is 32.1 Å². The Balaban J connectivity index is 1.76. The molecule has 0 amide bonds. The largest absolute Gasteiger partial charge is 0.391 e. The lowest BCUT2D eigenvalue weighted by molar-refractivity contribution is 0.0117. The van der Waals surface area contributed by atoms with Crippen molar-refractivity contribution >= 4 is 0 Å². The molecule has 0 spiro atoms. The predicted molar refractivity (Wildman–Crippen MR) is 74.7 cm³/mol. The Bertz CT molecular complexity index is 277. The van der Waals surface area contributed by atoms with E-state index in [1.807, 2.05) is 13.8 Å². The van der Waals surface area contributed by atoms with Gasteiger partial charge in [0.05, 0.1) is 17.8 Å². The number of aliphatic hydroxyl groups is 1. The van der Waals surface area contributed by atoms with Gasteiger partial charge in [0.2, 0.25) is 0 Å². The van der Waals surface area contributed by atoms with Crippen LogP contribution in [-0.2, 0) is 9.47 Å². The lowest BCUT2D eigenvalue weighted by Crippen LogP contribution is -2.43. The van der Waals surface area contributed by atoms with Crippen molar-refractivity contribution in [3.63, 3.8) is 0 Å². The smallest absolute Gasteiger partial charge is 0.148 e. The van der Waals surface area contributed by atoms with E-state index in [0.29, 0.717) is 19.1 Å². The van der Waals surface area contributed by atoms with E-state index in [-0.39, 0.29) is 17.7 Å². The third-order valence-electron chi connectivity index (χ3n) is 4.76. The topological polar surface area (TPSA) is 64.7 Å². The van der Waals surface area contributed by atoms with Gasteiger partial charge in [-0.3, -0.25) is 0 Å². The first kappa shape index (κ1) is 15.2. The van der Waals surface area contributed by atoms with Crippen molar-refractivity contribution in [3.05, 3.63) is 0 Å². The highest BCUT2D eigenvalue weighted by Gasteiger charge is 2.39. The lowest BCUT2D eigenvalue weighted by atomic mass is 9.83. The zero-order valence-corrected chi connectivity index (χ0v) is 12.3. The summed E-state index contributed by atoms with van der Waals surface area (Å²) in [6.45, 7) is 4.33. The zero-order valence-electron chi connectivity index (χ0n) is 12.3. The summed E-state index contributed by atoms with van der Waals surface area (Å²) in [5, 5.41) is 10.3. The molecule has 4 heteroatoms. The highest BCUT2D eigenvalue weighted by atomic mass is 16.7. The summed E-state index contributed by atoms with van der Waals surface area (Å²) in [5.41, 5.74) is 5.85. The minimum atomic E-state index is -0.493. The van der Waals surface area contributed by atoms with Crippen molar-refractivity contribution in [1.82, 2.24) is 0 Å². The van der Waals surface area contributed by atoms with Gasteiger partial charge >= 0.3 is 0 Å². The summed E-state index contributed by atoms with van der Waals surface area (Å²) in [7, 11) is 0. The molecule has 2 fully saturated rings. The Hall–Kier alpha value is -0.160.